The van der Waals surface area contributed by atoms with E-state index in [4.69, 9.17) is 4.74 Å². The molecule has 6 nitrogen and oxygen atoms in total. The van der Waals surface area contributed by atoms with E-state index in [-0.39, 0.29) is 18.5 Å². The fourth-order valence-electron chi connectivity index (χ4n) is 8.90. The number of rotatable bonds is 54. The molecule has 0 saturated carbocycles. The molecule has 0 radical (unpaired) electrons. The smallest absolute Gasteiger partial charge is 0.305 e. The minimum atomic E-state index is -0.669. The van der Waals surface area contributed by atoms with Crippen molar-refractivity contribution in [2.45, 2.75) is 321 Å². The number of amides is 1. The maximum Gasteiger partial charge on any atom is 0.305 e. The van der Waals surface area contributed by atoms with Crippen molar-refractivity contribution in [3.8, 4) is 0 Å². The molecule has 3 N–H and O–H groups in total. The zero-order valence-electron chi connectivity index (χ0n) is 44.2. The molecule has 388 valence electrons. The molecule has 0 fully saturated rings. The van der Waals surface area contributed by atoms with Crippen molar-refractivity contribution < 1.29 is 24.5 Å². The average Bonchev–Trinajstić information content (AvgIpc) is 3.32. The van der Waals surface area contributed by atoms with Crippen molar-refractivity contribution in [1.29, 1.82) is 0 Å². The van der Waals surface area contributed by atoms with Crippen LogP contribution in [0.4, 0.5) is 0 Å². The summed E-state index contributed by atoms with van der Waals surface area (Å²) < 4.78 is 5.47. The minimum Gasteiger partial charge on any atom is -0.466 e. The van der Waals surface area contributed by atoms with Crippen molar-refractivity contribution in [3.05, 3.63) is 36.5 Å². The van der Waals surface area contributed by atoms with Gasteiger partial charge in [0, 0.05) is 12.8 Å². The Morgan fingerprint density at radius 2 is 0.758 bits per heavy atom. The summed E-state index contributed by atoms with van der Waals surface area (Å²) in [6.45, 7) is 4.91. The maximum absolute atomic E-state index is 12.5. The Hall–Kier alpha value is -1.92. The fraction of sp³-hybridized carbons (Fsp3) is 0.867. The van der Waals surface area contributed by atoms with Gasteiger partial charge < -0.3 is 20.3 Å². The lowest BCUT2D eigenvalue weighted by molar-refractivity contribution is -0.143. The number of aliphatic hydroxyl groups is 2. The highest BCUT2D eigenvalue weighted by atomic mass is 16.5. The van der Waals surface area contributed by atoms with E-state index in [1.807, 2.05) is 0 Å². The molecule has 0 aliphatic carbocycles. The zero-order valence-corrected chi connectivity index (χ0v) is 44.2. The van der Waals surface area contributed by atoms with E-state index < -0.39 is 12.1 Å². The standard InChI is InChI=1S/C60H113NO5/c1-3-5-7-9-11-13-15-17-25-30-34-38-42-46-50-54-60(65)66-55-51-47-43-39-35-31-27-24-22-20-18-19-21-23-26-29-33-37-41-45-49-53-59(64)61-57(56-62)58(63)52-48-44-40-36-32-28-16-14-12-10-8-6-4-2/h11,13,17,19,21,25,57-58,62-63H,3-10,12,14-16,18,20,22-24,26-56H2,1-2H3,(H,61,64)/b13-11-,21-19-,25-17-. The molecule has 0 aromatic rings. The minimum absolute atomic E-state index is 0.00598. The summed E-state index contributed by atoms with van der Waals surface area (Å²) in [6, 6.07) is -0.547. The van der Waals surface area contributed by atoms with E-state index in [1.165, 1.54) is 225 Å². The van der Waals surface area contributed by atoms with Gasteiger partial charge in [0.2, 0.25) is 5.91 Å². The number of hydrogen-bond donors (Lipinski definition) is 3. The molecule has 0 aliphatic rings. The highest BCUT2D eigenvalue weighted by Crippen LogP contribution is 2.17. The van der Waals surface area contributed by atoms with E-state index >= 15 is 0 Å². The fourth-order valence-corrected chi connectivity index (χ4v) is 8.90. The molecule has 2 atom stereocenters. The predicted molar refractivity (Wildman–Crippen MR) is 287 cm³/mol. The summed E-state index contributed by atoms with van der Waals surface area (Å²) in [5.41, 5.74) is 0. The molecule has 0 spiro atoms. The number of carbonyl (C=O) groups is 2. The van der Waals surface area contributed by atoms with Crippen LogP contribution in [0.15, 0.2) is 36.5 Å². The van der Waals surface area contributed by atoms with Crippen LogP contribution < -0.4 is 5.32 Å². The Labute approximate surface area is 411 Å². The number of ether oxygens (including phenoxy) is 1. The van der Waals surface area contributed by atoms with Crippen LogP contribution in [0.3, 0.4) is 0 Å². The Bertz CT molecular complexity index is 1070. The lowest BCUT2D eigenvalue weighted by Crippen LogP contribution is -2.45. The van der Waals surface area contributed by atoms with Crippen LogP contribution in [0.25, 0.3) is 0 Å². The predicted octanol–water partition coefficient (Wildman–Crippen LogP) is 18.0. The largest absolute Gasteiger partial charge is 0.466 e. The molecule has 0 bridgehead atoms. The van der Waals surface area contributed by atoms with Crippen LogP contribution in [-0.2, 0) is 14.3 Å². The average molecular weight is 929 g/mol. The molecule has 2 unspecified atom stereocenters. The Morgan fingerprint density at radius 3 is 1.20 bits per heavy atom. The van der Waals surface area contributed by atoms with Crippen LogP contribution >= 0.6 is 0 Å². The van der Waals surface area contributed by atoms with Gasteiger partial charge in [0.15, 0.2) is 0 Å². The lowest BCUT2D eigenvalue weighted by atomic mass is 10.0. The molecule has 0 aliphatic heterocycles. The van der Waals surface area contributed by atoms with Crippen molar-refractivity contribution in [2.75, 3.05) is 13.2 Å². The first-order valence-corrected chi connectivity index (χ1v) is 29.2. The first-order chi connectivity index (χ1) is 32.5. The Kier molecular flexibility index (Phi) is 54.1. The van der Waals surface area contributed by atoms with Gasteiger partial charge in [-0.3, -0.25) is 9.59 Å². The van der Waals surface area contributed by atoms with Crippen molar-refractivity contribution in [3.63, 3.8) is 0 Å². The Morgan fingerprint density at radius 1 is 0.424 bits per heavy atom. The summed E-state index contributed by atoms with van der Waals surface area (Å²) in [5, 5.41) is 23.2. The molecule has 6 heteroatoms. The number of unbranched alkanes of at least 4 members (excludes halogenated alkanes) is 37. The van der Waals surface area contributed by atoms with Gasteiger partial charge in [0.1, 0.15) is 0 Å². The van der Waals surface area contributed by atoms with E-state index in [2.05, 4.69) is 55.6 Å². The molecular formula is C60H113NO5. The first kappa shape index (κ1) is 64.1. The third kappa shape index (κ3) is 51.5. The van der Waals surface area contributed by atoms with Gasteiger partial charge in [-0.2, -0.15) is 0 Å². The summed E-state index contributed by atoms with van der Waals surface area (Å²) >= 11 is 0. The second-order valence-corrected chi connectivity index (χ2v) is 20.0. The zero-order chi connectivity index (χ0) is 47.9. The van der Waals surface area contributed by atoms with Crippen molar-refractivity contribution >= 4 is 11.9 Å². The molecule has 0 rings (SSSR count). The van der Waals surface area contributed by atoms with Gasteiger partial charge in [0.05, 0.1) is 25.4 Å². The van der Waals surface area contributed by atoms with Gasteiger partial charge >= 0.3 is 5.97 Å². The number of carbonyl (C=O) groups excluding carboxylic acids is 2. The number of aliphatic hydroxyl groups excluding tert-OH is 2. The van der Waals surface area contributed by atoms with Gasteiger partial charge in [-0.1, -0.05) is 249 Å². The normalized spacial score (nSPS) is 12.8. The molecule has 0 heterocycles. The summed E-state index contributed by atoms with van der Waals surface area (Å²) in [6.07, 6.45) is 68.5. The number of nitrogens with one attached hydrogen (secondary N) is 1. The third-order valence-corrected chi connectivity index (χ3v) is 13.4. The third-order valence-electron chi connectivity index (χ3n) is 13.4. The van der Waals surface area contributed by atoms with Crippen LogP contribution in [0, 0.1) is 0 Å². The van der Waals surface area contributed by atoms with Gasteiger partial charge in [-0.25, -0.2) is 0 Å². The second kappa shape index (κ2) is 55.7. The molecular weight excluding hydrogens is 815 g/mol. The number of hydrogen-bond acceptors (Lipinski definition) is 5. The first-order valence-electron chi connectivity index (χ1n) is 29.2. The quantitative estimate of drug-likeness (QED) is 0.0321. The monoisotopic (exact) mass is 928 g/mol. The van der Waals surface area contributed by atoms with Crippen molar-refractivity contribution in [2.24, 2.45) is 0 Å². The van der Waals surface area contributed by atoms with E-state index in [0.29, 0.717) is 25.9 Å². The number of esters is 1. The van der Waals surface area contributed by atoms with Gasteiger partial charge in [0.25, 0.3) is 0 Å². The van der Waals surface area contributed by atoms with Gasteiger partial charge in [-0.15, -0.1) is 0 Å². The topological polar surface area (TPSA) is 95.9 Å². The molecule has 0 aromatic carbocycles. The van der Waals surface area contributed by atoms with E-state index in [0.717, 1.165) is 51.4 Å². The van der Waals surface area contributed by atoms with Crippen LogP contribution in [0.2, 0.25) is 0 Å². The van der Waals surface area contributed by atoms with Crippen LogP contribution in [-0.4, -0.2) is 47.4 Å². The molecule has 66 heavy (non-hydrogen) atoms. The SMILES string of the molecule is CCCCC/C=C\C/C=C\CCCCCCCC(=O)OCCCCCCCCCCCC/C=C\CCCCCCCCCC(=O)NC(CO)C(O)CCCCCCCCCCCCCCC. The van der Waals surface area contributed by atoms with E-state index in [9.17, 15) is 19.8 Å². The molecule has 1 amide bonds. The maximum atomic E-state index is 12.5. The highest BCUT2D eigenvalue weighted by Gasteiger charge is 2.20. The van der Waals surface area contributed by atoms with E-state index in [1.54, 1.807) is 0 Å². The Balaban J connectivity index is 3.43. The molecule has 0 aromatic heterocycles. The van der Waals surface area contributed by atoms with Gasteiger partial charge in [-0.05, 0) is 83.5 Å². The summed E-state index contributed by atoms with van der Waals surface area (Å²) in [7, 11) is 0. The second-order valence-electron chi connectivity index (χ2n) is 20.0. The lowest BCUT2D eigenvalue weighted by Gasteiger charge is -2.22. The van der Waals surface area contributed by atoms with Crippen molar-refractivity contribution in [1.82, 2.24) is 5.32 Å². The van der Waals surface area contributed by atoms with Crippen LogP contribution in [0.1, 0.15) is 309 Å². The summed E-state index contributed by atoms with van der Waals surface area (Å²) in [4.78, 5) is 24.5. The highest BCUT2D eigenvalue weighted by molar-refractivity contribution is 5.76. The van der Waals surface area contributed by atoms with Crippen LogP contribution in [0.5, 0.6) is 0 Å². The molecule has 0 saturated heterocycles. The number of allylic oxidation sites excluding steroid dienone is 6. The summed E-state index contributed by atoms with van der Waals surface area (Å²) in [5.74, 6) is -0.0489.